The number of pyridine rings is 1. The zero-order valence-corrected chi connectivity index (χ0v) is 8.00. The molecule has 0 unspecified atom stereocenters. The maximum absolute atomic E-state index is 13.1. The number of alkyl halides is 2. The van der Waals surface area contributed by atoms with Crippen LogP contribution >= 0.6 is 0 Å². The number of nitriles is 1. The Labute approximate surface area is 88.3 Å². The Bertz CT molecular complexity index is 469. The van der Waals surface area contributed by atoms with Crippen molar-refractivity contribution in [3.8, 4) is 6.07 Å². The van der Waals surface area contributed by atoms with E-state index in [1.54, 1.807) is 0 Å². The average molecular weight is 230 g/mol. The van der Waals surface area contributed by atoms with E-state index in [0.29, 0.717) is 6.07 Å². The number of aromatic nitrogens is 1. The van der Waals surface area contributed by atoms with Crippen LogP contribution in [0.5, 0.6) is 0 Å². The number of ether oxygens (including phenoxy) is 1. The van der Waals surface area contributed by atoms with Gasteiger partial charge in [-0.15, -0.1) is 0 Å². The van der Waals surface area contributed by atoms with Gasteiger partial charge in [0.2, 0.25) is 5.95 Å². The van der Waals surface area contributed by atoms with Gasteiger partial charge in [0.15, 0.2) is 5.69 Å². The fourth-order valence-electron chi connectivity index (χ4n) is 1.02. The van der Waals surface area contributed by atoms with Gasteiger partial charge in [0, 0.05) is 5.56 Å². The molecule has 0 N–H and O–H groups in total. The lowest BCUT2D eigenvalue weighted by Gasteiger charge is -2.05. The molecule has 0 saturated heterocycles. The van der Waals surface area contributed by atoms with Crippen LogP contribution < -0.4 is 0 Å². The van der Waals surface area contributed by atoms with Crippen LogP contribution in [0.2, 0.25) is 0 Å². The Kier molecular flexibility index (Phi) is 3.45. The highest BCUT2D eigenvalue weighted by molar-refractivity contribution is 5.87. The van der Waals surface area contributed by atoms with Gasteiger partial charge in [-0.25, -0.2) is 18.6 Å². The third kappa shape index (κ3) is 2.11. The monoisotopic (exact) mass is 230 g/mol. The highest BCUT2D eigenvalue weighted by Crippen LogP contribution is 2.24. The fourth-order valence-corrected chi connectivity index (χ4v) is 1.02. The first kappa shape index (κ1) is 12.0. The highest BCUT2D eigenvalue weighted by Gasteiger charge is 2.22. The summed E-state index contributed by atoms with van der Waals surface area (Å²) in [6.45, 7) is 0. The van der Waals surface area contributed by atoms with Crippen molar-refractivity contribution in [2.45, 2.75) is 6.43 Å². The molecule has 7 heteroatoms. The molecule has 0 fully saturated rings. The van der Waals surface area contributed by atoms with Crippen LogP contribution in [-0.4, -0.2) is 18.1 Å². The van der Waals surface area contributed by atoms with E-state index in [4.69, 9.17) is 5.26 Å². The summed E-state index contributed by atoms with van der Waals surface area (Å²) in [6.07, 6.45) is -3.07. The number of hydrogen-bond acceptors (Lipinski definition) is 4. The lowest BCUT2D eigenvalue weighted by molar-refractivity contribution is 0.0592. The largest absolute Gasteiger partial charge is 0.464 e. The van der Waals surface area contributed by atoms with Crippen molar-refractivity contribution in [3.05, 3.63) is 28.8 Å². The molecule has 0 aromatic carbocycles. The molecule has 0 spiro atoms. The molecule has 0 saturated carbocycles. The van der Waals surface area contributed by atoms with Gasteiger partial charge in [-0.05, 0) is 6.07 Å². The molecule has 1 rings (SSSR count). The summed E-state index contributed by atoms with van der Waals surface area (Å²) in [7, 11) is 1.00. The Morgan fingerprint density at radius 1 is 1.62 bits per heavy atom. The summed E-state index contributed by atoms with van der Waals surface area (Å²) in [6, 6.07) is 1.90. The first-order valence-electron chi connectivity index (χ1n) is 3.98. The number of carbonyl (C=O) groups excluding carboxylic acids is 1. The summed E-state index contributed by atoms with van der Waals surface area (Å²) < 4.78 is 42.2. The molecule has 0 aliphatic heterocycles. The summed E-state index contributed by atoms with van der Waals surface area (Å²) in [5, 5.41) is 8.46. The molecule has 0 amide bonds. The Balaban J connectivity index is 3.41. The molecule has 1 aromatic heterocycles. The normalized spacial score (nSPS) is 10.0. The van der Waals surface area contributed by atoms with Crippen LogP contribution in [-0.2, 0) is 4.74 Å². The first-order chi connectivity index (χ1) is 7.51. The minimum absolute atomic E-state index is 0.602. The minimum atomic E-state index is -3.07. The fraction of sp³-hybridized carbons (Fsp3) is 0.222. The maximum Gasteiger partial charge on any atom is 0.356 e. The van der Waals surface area contributed by atoms with E-state index in [2.05, 4.69) is 9.72 Å². The van der Waals surface area contributed by atoms with Crippen LogP contribution in [0.3, 0.4) is 0 Å². The molecule has 0 atom stereocenters. The minimum Gasteiger partial charge on any atom is -0.464 e. The first-order valence-corrected chi connectivity index (χ1v) is 3.98. The van der Waals surface area contributed by atoms with Crippen molar-refractivity contribution in [1.29, 1.82) is 5.26 Å². The lowest BCUT2D eigenvalue weighted by Crippen LogP contribution is -2.09. The Hall–Kier alpha value is -2.10. The second kappa shape index (κ2) is 4.61. The molecule has 1 aromatic rings. The number of carbonyl (C=O) groups is 1. The third-order valence-electron chi connectivity index (χ3n) is 1.75. The zero-order valence-electron chi connectivity index (χ0n) is 8.00. The van der Waals surface area contributed by atoms with Gasteiger partial charge in [0.05, 0.1) is 7.11 Å². The van der Waals surface area contributed by atoms with Crippen molar-refractivity contribution >= 4 is 5.97 Å². The Morgan fingerprint density at radius 2 is 2.25 bits per heavy atom. The van der Waals surface area contributed by atoms with Crippen LogP contribution in [0.15, 0.2) is 6.07 Å². The predicted molar refractivity (Wildman–Crippen MR) is 45.2 cm³/mol. The second-order valence-corrected chi connectivity index (χ2v) is 2.67. The molecular weight excluding hydrogens is 225 g/mol. The molecule has 1 heterocycles. The molecule has 0 aliphatic rings. The van der Waals surface area contributed by atoms with Gasteiger partial charge in [-0.2, -0.15) is 9.65 Å². The average Bonchev–Trinajstić information content (AvgIpc) is 2.26. The topological polar surface area (TPSA) is 63.0 Å². The molecule has 0 aliphatic carbocycles. The van der Waals surface area contributed by atoms with Gasteiger partial charge < -0.3 is 4.74 Å². The maximum atomic E-state index is 13.1. The number of rotatable bonds is 2. The third-order valence-corrected chi connectivity index (χ3v) is 1.75. The van der Waals surface area contributed by atoms with E-state index in [0.717, 1.165) is 7.11 Å². The van der Waals surface area contributed by atoms with Crippen molar-refractivity contribution in [1.82, 2.24) is 4.98 Å². The smallest absolute Gasteiger partial charge is 0.356 e. The van der Waals surface area contributed by atoms with Crippen LogP contribution in [0.1, 0.15) is 28.0 Å². The molecule has 0 radical (unpaired) electrons. The zero-order chi connectivity index (χ0) is 12.3. The Morgan fingerprint density at radius 3 is 2.69 bits per heavy atom. The standard InChI is InChI=1S/C9H5F3N2O2/c1-16-9(15)6-2-4(7(10)11)5(3-13)8(12)14-6/h2,7H,1H3. The van der Waals surface area contributed by atoms with E-state index in [-0.39, 0.29) is 0 Å². The van der Waals surface area contributed by atoms with Crippen molar-refractivity contribution in [2.24, 2.45) is 0 Å². The molecule has 4 nitrogen and oxygen atoms in total. The van der Waals surface area contributed by atoms with Gasteiger partial charge in [0.25, 0.3) is 6.43 Å². The predicted octanol–water partition coefficient (Wildman–Crippen LogP) is 1.82. The van der Waals surface area contributed by atoms with E-state index < -0.39 is 35.2 Å². The number of halogens is 3. The molecule has 84 valence electrons. The lowest BCUT2D eigenvalue weighted by atomic mass is 10.1. The van der Waals surface area contributed by atoms with Crippen LogP contribution in [0, 0.1) is 17.3 Å². The van der Waals surface area contributed by atoms with Gasteiger partial charge >= 0.3 is 5.97 Å². The molecule has 16 heavy (non-hydrogen) atoms. The summed E-state index contributed by atoms with van der Waals surface area (Å²) in [5.74, 6) is -2.47. The SMILES string of the molecule is COC(=O)c1cc(C(F)F)c(C#N)c(F)n1. The second-order valence-electron chi connectivity index (χ2n) is 2.67. The quantitative estimate of drug-likeness (QED) is 0.574. The van der Waals surface area contributed by atoms with E-state index >= 15 is 0 Å². The molecule has 0 bridgehead atoms. The summed E-state index contributed by atoms with van der Waals surface area (Å²) in [5.41, 5.74) is -2.35. The highest BCUT2D eigenvalue weighted by atomic mass is 19.3. The number of hydrogen-bond donors (Lipinski definition) is 0. The summed E-state index contributed by atoms with van der Waals surface area (Å²) >= 11 is 0. The number of esters is 1. The summed E-state index contributed by atoms with van der Waals surface area (Å²) in [4.78, 5) is 14.0. The van der Waals surface area contributed by atoms with Crippen LogP contribution in [0.4, 0.5) is 13.2 Å². The van der Waals surface area contributed by atoms with Gasteiger partial charge in [-0.3, -0.25) is 0 Å². The number of nitrogens with zero attached hydrogens (tertiary/aromatic N) is 2. The van der Waals surface area contributed by atoms with E-state index in [1.165, 1.54) is 6.07 Å². The van der Waals surface area contributed by atoms with Crippen molar-refractivity contribution < 1.29 is 22.7 Å². The van der Waals surface area contributed by atoms with Gasteiger partial charge in [-0.1, -0.05) is 0 Å². The van der Waals surface area contributed by atoms with Gasteiger partial charge in [0.1, 0.15) is 11.6 Å². The number of methoxy groups -OCH3 is 1. The van der Waals surface area contributed by atoms with Crippen molar-refractivity contribution in [3.63, 3.8) is 0 Å². The van der Waals surface area contributed by atoms with Crippen LogP contribution in [0.25, 0.3) is 0 Å². The van der Waals surface area contributed by atoms with Crippen molar-refractivity contribution in [2.75, 3.05) is 7.11 Å². The van der Waals surface area contributed by atoms with E-state index in [9.17, 15) is 18.0 Å². The van der Waals surface area contributed by atoms with E-state index in [1.807, 2.05) is 0 Å². The molecular formula is C9H5F3N2O2.